The van der Waals surface area contributed by atoms with Crippen molar-refractivity contribution in [2.45, 2.75) is 25.7 Å². The van der Waals surface area contributed by atoms with Gasteiger partial charge in [-0.1, -0.05) is 36.8 Å². The van der Waals surface area contributed by atoms with Gasteiger partial charge in [0.15, 0.2) is 5.69 Å². The van der Waals surface area contributed by atoms with E-state index in [1.807, 2.05) is 18.2 Å². The van der Waals surface area contributed by atoms with Crippen molar-refractivity contribution in [3.05, 3.63) is 59.7 Å². The van der Waals surface area contributed by atoms with Crippen molar-refractivity contribution < 1.29 is 14.7 Å². The molecule has 2 N–H and O–H groups in total. The molecule has 1 aromatic heterocycles. The Morgan fingerprint density at radius 3 is 2.29 bits per heavy atom. The smallest absolute Gasteiger partial charge is 0.356 e. The molecule has 2 aromatic rings. The van der Waals surface area contributed by atoms with Crippen molar-refractivity contribution in [3.8, 4) is 0 Å². The van der Waals surface area contributed by atoms with Gasteiger partial charge >= 0.3 is 5.97 Å². The summed E-state index contributed by atoms with van der Waals surface area (Å²) in [6, 6.07) is 10.3. The van der Waals surface area contributed by atoms with Crippen LogP contribution in [0, 0.1) is 5.41 Å². The molecule has 0 bridgehead atoms. The molecular formula is C18H19N3O3. The van der Waals surface area contributed by atoms with Crippen molar-refractivity contribution in [2.24, 2.45) is 5.41 Å². The Kier molecular flexibility index (Phi) is 4.55. The molecule has 6 heteroatoms. The van der Waals surface area contributed by atoms with Gasteiger partial charge in [0.05, 0.1) is 12.4 Å². The third kappa shape index (κ3) is 3.59. The van der Waals surface area contributed by atoms with Gasteiger partial charge in [-0.25, -0.2) is 14.8 Å². The normalized spacial score (nSPS) is 15.3. The van der Waals surface area contributed by atoms with Crippen molar-refractivity contribution in [1.82, 2.24) is 15.3 Å². The summed E-state index contributed by atoms with van der Waals surface area (Å²) in [4.78, 5) is 30.6. The third-order valence-corrected chi connectivity index (χ3v) is 4.56. The van der Waals surface area contributed by atoms with Crippen LogP contribution in [0.5, 0.6) is 0 Å². The number of rotatable bonds is 6. The van der Waals surface area contributed by atoms with Crippen LogP contribution in [-0.2, 0) is 6.42 Å². The van der Waals surface area contributed by atoms with Crippen LogP contribution < -0.4 is 5.32 Å². The van der Waals surface area contributed by atoms with Crippen LogP contribution in [0.3, 0.4) is 0 Å². The van der Waals surface area contributed by atoms with Gasteiger partial charge in [-0.05, 0) is 30.2 Å². The maximum Gasteiger partial charge on any atom is 0.356 e. The largest absolute Gasteiger partial charge is 0.476 e. The molecule has 1 saturated carbocycles. The van der Waals surface area contributed by atoms with Crippen molar-refractivity contribution >= 4 is 11.9 Å². The predicted octanol–water partition coefficient (Wildman–Crippen LogP) is 2.32. The first-order valence-electron chi connectivity index (χ1n) is 7.95. The molecule has 3 rings (SSSR count). The Bertz CT molecular complexity index is 725. The number of hydrogen-bond donors (Lipinski definition) is 2. The summed E-state index contributed by atoms with van der Waals surface area (Å²) in [5.41, 5.74) is 1.34. The Balaban J connectivity index is 1.61. The Hall–Kier alpha value is -2.76. The molecule has 124 valence electrons. The maximum absolute atomic E-state index is 12.2. The van der Waals surface area contributed by atoms with E-state index in [1.54, 1.807) is 0 Å². The molecule has 0 aliphatic heterocycles. The molecule has 0 radical (unpaired) electrons. The lowest BCUT2D eigenvalue weighted by molar-refractivity contribution is 0.0688. The first-order valence-corrected chi connectivity index (χ1v) is 7.95. The van der Waals surface area contributed by atoms with E-state index in [9.17, 15) is 9.59 Å². The molecule has 0 unspecified atom stereocenters. The zero-order valence-corrected chi connectivity index (χ0v) is 13.2. The molecule has 24 heavy (non-hydrogen) atoms. The van der Waals surface area contributed by atoms with Crippen LogP contribution in [0.25, 0.3) is 0 Å². The highest BCUT2D eigenvalue weighted by Crippen LogP contribution is 2.43. The monoisotopic (exact) mass is 325 g/mol. The molecule has 1 aromatic carbocycles. The topological polar surface area (TPSA) is 92.2 Å². The Labute approximate surface area is 140 Å². The Morgan fingerprint density at radius 2 is 1.75 bits per heavy atom. The highest BCUT2D eigenvalue weighted by molar-refractivity contribution is 5.92. The fraction of sp³-hybridized carbons (Fsp3) is 0.333. The van der Waals surface area contributed by atoms with Gasteiger partial charge in [-0.15, -0.1) is 0 Å². The van der Waals surface area contributed by atoms with Gasteiger partial charge in [0.25, 0.3) is 5.91 Å². The highest BCUT2D eigenvalue weighted by atomic mass is 16.4. The average molecular weight is 325 g/mol. The number of aromatic nitrogens is 2. The second-order valence-electron chi connectivity index (χ2n) is 6.29. The van der Waals surface area contributed by atoms with Crippen LogP contribution in [0.4, 0.5) is 0 Å². The predicted molar refractivity (Wildman–Crippen MR) is 87.8 cm³/mol. The molecular weight excluding hydrogens is 306 g/mol. The Morgan fingerprint density at radius 1 is 1.08 bits per heavy atom. The van der Waals surface area contributed by atoms with Gasteiger partial charge in [0, 0.05) is 6.54 Å². The van der Waals surface area contributed by atoms with E-state index in [0.29, 0.717) is 6.54 Å². The minimum absolute atomic E-state index is 0.103. The van der Waals surface area contributed by atoms with Gasteiger partial charge in [-0.2, -0.15) is 0 Å². The van der Waals surface area contributed by atoms with Gasteiger partial charge in [0.2, 0.25) is 0 Å². The maximum atomic E-state index is 12.2. The number of benzene rings is 1. The van der Waals surface area contributed by atoms with Crippen LogP contribution in [-0.4, -0.2) is 33.5 Å². The number of hydrogen-bond acceptors (Lipinski definition) is 4. The molecule has 1 fully saturated rings. The lowest BCUT2D eigenvalue weighted by Gasteiger charge is -2.42. The number of nitrogens with zero attached hydrogens (tertiary/aromatic N) is 2. The number of carboxylic acids is 1. The summed E-state index contributed by atoms with van der Waals surface area (Å²) in [6.45, 7) is 0.586. The van der Waals surface area contributed by atoms with Crippen molar-refractivity contribution in [3.63, 3.8) is 0 Å². The van der Waals surface area contributed by atoms with E-state index < -0.39 is 5.97 Å². The summed E-state index contributed by atoms with van der Waals surface area (Å²) >= 11 is 0. The SMILES string of the molecule is O=C(O)c1cnc(C(=O)NCC2(Cc3ccccc3)CCC2)cn1. The summed E-state index contributed by atoms with van der Waals surface area (Å²) < 4.78 is 0. The summed E-state index contributed by atoms with van der Waals surface area (Å²) in [7, 11) is 0. The van der Waals surface area contributed by atoms with E-state index in [0.717, 1.165) is 25.5 Å². The van der Waals surface area contributed by atoms with E-state index in [2.05, 4.69) is 27.4 Å². The van der Waals surface area contributed by atoms with Crippen LogP contribution in [0.15, 0.2) is 42.7 Å². The number of carboxylic acid groups (broad SMARTS) is 1. The summed E-state index contributed by atoms with van der Waals surface area (Å²) in [5.74, 6) is -1.48. The molecule has 0 spiro atoms. The van der Waals surface area contributed by atoms with E-state index in [-0.39, 0.29) is 22.7 Å². The molecule has 1 heterocycles. The molecule has 0 saturated heterocycles. The molecule has 0 atom stereocenters. The zero-order valence-electron chi connectivity index (χ0n) is 13.2. The summed E-state index contributed by atoms with van der Waals surface area (Å²) in [6.07, 6.45) is 6.59. The van der Waals surface area contributed by atoms with Crippen LogP contribution in [0.2, 0.25) is 0 Å². The number of aromatic carboxylic acids is 1. The lowest BCUT2D eigenvalue weighted by Crippen LogP contribution is -2.43. The minimum Gasteiger partial charge on any atom is -0.476 e. The number of carbonyl (C=O) groups is 2. The standard InChI is InChI=1S/C18H19N3O3/c22-16(14-10-20-15(11-19-14)17(23)24)21-12-18(7-4-8-18)9-13-5-2-1-3-6-13/h1-3,5-6,10-11H,4,7-9,12H2,(H,21,22)(H,23,24). The molecule has 1 aliphatic rings. The van der Waals surface area contributed by atoms with E-state index >= 15 is 0 Å². The van der Waals surface area contributed by atoms with Crippen LogP contribution >= 0.6 is 0 Å². The second-order valence-corrected chi connectivity index (χ2v) is 6.29. The highest BCUT2D eigenvalue weighted by Gasteiger charge is 2.37. The fourth-order valence-corrected chi connectivity index (χ4v) is 3.04. The van der Waals surface area contributed by atoms with Gasteiger partial charge < -0.3 is 10.4 Å². The quantitative estimate of drug-likeness (QED) is 0.850. The van der Waals surface area contributed by atoms with E-state index in [1.165, 1.54) is 18.2 Å². The molecule has 6 nitrogen and oxygen atoms in total. The first-order chi connectivity index (χ1) is 11.6. The number of amides is 1. The average Bonchev–Trinajstić information content (AvgIpc) is 2.58. The van der Waals surface area contributed by atoms with Crippen molar-refractivity contribution in [1.29, 1.82) is 0 Å². The van der Waals surface area contributed by atoms with Crippen molar-refractivity contribution in [2.75, 3.05) is 6.54 Å². The fourth-order valence-electron chi connectivity index (χ4n) is 3.04. The van der Waals surface area contributed by atoms with Crippen LogP contribution in [0.1, 0.15) is 45.8 Å². The summed E-state index contributed by atoms with van der Waals surface area (Å²) in [5, 5.41) is 11.7. The lowest BCUT2D eigenvalue weighted by atomic mass is 9.65. The third-order valence-electron chi connectivity index (χ3n) is 4.56. The zero-order chi connectivity index (χ0) is 17.0. The second kappa shape index (κ2) is 6.78. The number of nitrogens with one attached hydrogen (secondary N) is 1. The van der Waals surface area contributed by atoms with E-state index in [4.69, 9.17) is 5.11 Å². The van der Waals surface area contributed by atoms with Gasteiger partial charge in [0.1, 0.15) is 5.69 Å². The molecule has 1 amide bonds. The van der Waals surface area contributed by atoms with Gasteiger partial charge in [-0.3, -0.25) is 4.79 Å². The first kappa shape index (κ1) is 16.1. The number of carbonyl (C=O) groups excluding carboxylic acids is 1. The minimum atomic E-state index is -1.16. The molecule has 1 aliphatic carbocycles.